The summed E-state index contributed by atoms with van der Waals surface area (Å²) in [6.07, 6.45) is -0.645. The first-order chi connectivity index (χ1) is 21.2. The number of para-hydroxylation sites is 1. The number of nitrogens with zero attached hydrogens (tertiary/aromatic N) is 3. The quantitative estimate of drug-likeness (QED) is 0.0995. The SMILES string of the molecule is NC(Cc1c[nH]c2ccccc12)C(=O)O.Nc1nc2c(ncn2[C@@H]2O[C@H](COP(=O)(O)O)[C@@H](O)[C@H]2O)c(=O)[nH]1.Oc1ccco1. The summed E-state index contributed by atoms with van der Waals surface area (Å²) in [5.74, 6) is -1.18. The number of ether oxygens (including phenoxy) is 1. The van der Waals surface area contributed by atoms with Crippen molar-refractivity contribution in [3.63, 3.8) is 0 Å². The van der Waals surface area contributed by atoms with E-state index in [2.05, 4.69) is 28.9 Å². The molecule has 5 atom stereocenters. The minimum Gasteiger partial charge on any atom is -0.481 e. The van der Waals surface area contributed by atoms with Gasteiger partial charge in [-0.2, -0.15) is 4.98 Å². The standard InChI is InChI=1S/C11H12N2O2.C10H14N5O8P.C4H4O2/c12-9(11(14)15)5-7-6-13-10-4-2-1-3-8(7)10;11-10-13-7-4(8(18)14-10)12-2-15(7)9-6(17)5(16)3(23-9)1-22-24(19,20)21;5-4-2-1-3-6-4/h1-4,6,9,13H,5,12H2,(H,14,15);2-3,5-6,9,16-17H,1H2,(H2,19,20,21)(H3,11,13,14,18);1-3,5H/t;3-,5-,6-,9-;/m.1./s1. The number of benzene rings is 1. The lowest BCUT2D eigenvalue weighted by Crippen LogP contribution is -2.33. The van der Waals surface area contributed by atoms with Crippen molar-refractivity contribution in [2.24, 2.45) is 5.73 Å². The molecule has 6 rings (SSSR count). The Morgan fingerprint density at radius 2 is 1.91 bits per heavy atom. The molecule has 5 aromatic rings. The van der Waals surface area contributed by atoms with Crippen molar-refractivity contribution in [2.75, 3.05) is 12.3 Å². The number of nitrogen functional groups attached to an aromatic ring is 1. The number of phosphoric ester groups is 1. The van der Waals surface area contributed by atoms with E-state index in [0.29, 0.717) is 6.42 Å². The number of aliphatic hydroxyl groups excluding tert-OH is 2. The zero-order chi connectivity index (χ0) is 32.9. The lowest BCUT2D eigenvalue weighted by Gasteiger charge is -2.16. The summed E-state index contributed by atoms with van der Waals surface area (Å²) in [7, 11) is -4.76. The predicted molar refractivity (Wildman–Crippen MR) is 154 cm³/mol. The van der Waals surface area contributed by atoms with Crippen LogP contribution < -0.4 is 17.0 Å². The fourth-order valence-corrected chi connectivity index (χ4v) is 4.63. The van der Waals surface area contributed by atoms with Gasteiger partial charge in [-0.15, -0.1) is 0 Å². The van der Waals surface area contributed by atoms with E-state index in [4.69, 9.17) is 36.2 Å². The van der Waals surface area contributed by atoms with Crippen molar-refractivity contribution in [3.05, 3.63) is 71.1 Å². The van der Waals surface area contributed by atoms with E-state index in [0.717, 1.165) is 16.5 Å². The van der Waals surface area contributed by atoms with E-state index >= 15 is 0 Å². The first-order valence-electron chi connectivity index (χ1n) is 12.9. The second-order valence-corrected chi connectivity index (χ2v) is 10.8. The fourth-order valence-electron chi connectivity index (χ4n) is 4.29. The Balaban J connectivity index is 0.000000185. The molecule has 242 valence electrons. The van der Waals surface area contributed by atoms with Gasteiger partial charge in [0.05, 0.1) is 19.2 Å². The summed E-state index contributed by atoms with van der Waals surface area (Å²) < 4.78 is 26.0. The number of H-pyrrole nitrogens is 2. The molecule has 1 unspecified atom stereocenters. The smallest absolute Gasteiger partial charge is 0.469 e. The number of aliphatic carboxylic acids is 1. The van der Waals surface area contributed by atoms with Crippen LogP contribution in [0.1, 0.15) is 11.8 Å². The lowest BCUT2D eigenvalue weighted by atomic mass is 10.1. The number of imidazole rings is 1. The van der Waals surface area contributed by atoms with Crippen molar-refractivity contribution in [1.82, 2.24) is 24.5 Å². The molecule has 0 radical (unpaired) electrons. The van der Waals surface area contributed by atoms with Gasteiger partial charge in [-0.25, -0.2) is 9.55 Å². The molecule has 0 aliphatic carbocycles. The van der Waals surface area contributed by atoms with Gasteiger partial charge in [-0.3, -0.25) is 23.7 Å². The van der Waals surface area contributed by atoms with Gasteiger partial charge >= 0.3 is 13.8 Å². The van der Waals surface area contributed by atoms with Crippen LogP contribution in [0.4, 0.5) is 5.95 Å². The Hall–Kier alpha value is -4.59. The number of nitrogens with one attached hydrogen (secondary N) is 2. The third-order valence-electron chi connectivity index (χ3n) is 6.41. The second kappa shape index (κ2) is 14.0. The zero-order valence-electron chi connectivity index (χ0n) is 23.1. The topological polar surface area (TPSA) is 319 Å². The van der Waals surface area contributed by atoms with Crippen molar-refractivity contribution in [3.8, 4) is 5.95 Å². The van der Waals surface area contributed by atoms with Gasteiger partial charge in [0.25, 0.3) is 11.5 Å². The van der Waals surface area contributed by atoms with Gasteiger partial charge in [0.1, 0.15) is 24.4 Å². The number of fused-ring (bicyclic) bond motifs is 2. The first kappa shape index (κ1) is 33.3. The minimum absolute atomic E-state index is 0.0176. The number of phosphoric acid groups is 1. The normalized spacial score (nSPS) is 20.3. The van der Waals surface area contributed by atoms with Crippen LogP contribution in [-0.4, -0.2) is 91.6 Å². The number of anilines is 1. The Morgan fingerprint density at radius 3 is 2.53 bits per heavy atom. The van der Waals surface area contributed by atoms with Gasteiger partial charge in [0.2, 0.25) is 5.95 Å². The second-order valence-electron chi connectivity index (χ2n) is 9.57. The van der Waals surface area contributed by atoms with E-state index in [9.17, 15) is 24.4 Å². The van der Waals surface area contributed by atoms with E-state index in [1.54, 1.807) is 6.07 Å². The zero-order valence-corrected chi connectivity index (χ0v) is 24.0. The highest BCUT2D eigenvalue weighted by Gasteiger charge is 2.45. The molecule has 1 aliphatic rings. The summed E-state index contributed by atoms with van der Waals surface area (Å²) >= 11 is 0. The molecule has 12 N–H and O–H groups in total. The number of aliphatic hydroxyl groups is 2. The fraction of sp³-hybridized carbons (Fsp3) is 0.280. The molecule has 5 heterocycles. The van der Waals surface area contributed by atoms with E-state index in [1.807, 2.05) is 30.5 Å². The summed E-state index contributed by atoms with van der Waals surface area (Å²) in [5, 5.41) is 38.1. The molecule has 1 saturated heterocycles. The number of furan rings is 1. The minimum atomic E-state index is -4.76. The van der Waals surface area contributed by atoms with Crippen LogP contribution in [0.2, 0.25) is 0 Å². The van der Waals surface area contributed by atoms with Crippen molar-refractivity contribution in [1.29, 1.82) is 0 Å². The van der Waals surface area contributed by atoms with Gasteiger partial charge < -0.3 is 55.8 Å². The van der Waals surface area contributed by atoms with Gasteiger partial charge in [-0.1, -0.05) is 18.2 Å². The number of aromatic nitrogens is 5. The highest BCUT2D eigenvalue weighted by Crippen LogP contribution is 2.38. The lowest BCUT2D eigenvalue weighted by molar-refractivity contribution is -0.138. The average molecular weight is 652 g/mol. The van der Waals surface area contributed by atoms with Gasteiger partial charge in [0, 0.05) is 29.6 Å². The van der Waals surface area contributed by atoms with E-state index in [-0.39, 0.29) is 23.1 Å². The Morgan fingerprint density at radius 1 is 1.18 bits per heavy atom. The molecule has 20 heteroatoms. The third-order valence-corrected chi connectivity index (χ3v) is 6.89. The van der Waals surface area contributed by atoms with Crippen molar-refractivity contribution in [2.45, 2.75) is 37.0 Å². The molecule has 0 spiro atoms. The molecule has 0 saturated carbocycles. The number of hydrogen-bond donors (Lipinski definition) is 10. The first-order valence-corrected chi connectivity index (χ1v) is 14.5. The molecule has 1 aromatic carbocycles. The number of aromatic amines is 2. The van der Waals surface area contributed by atoms with Crippen LogP contribution in [0.15, 0.2) is 64.4 Å². The molecule has 0 amide bonds. The molecule has 1 fully saturated rings. The molecule has 19 nitrogen and oxygen atoms in total. The van der Waals surface area contributed by atoms with Crippen LogP contribution in [0.3, 0.4) is 0 Å². The Labute approximate surface area is 251 Å². The number of carbonyl (C=O) groups is 1. The predicted octanol–water partition coefficient (Wildman–Crippen LogP) is -0.462. The van der Waals surface area contributed by atoms with Gasteiger partial charge in [0.15, 0.2) is 17.4 Å². The average Bonchev–Trinajstić information content (AvgIpc) is 3.77. The summed E-state index contributed by atoms with van der Waals surface area (Å²) in [6.45, 7) is -0.651. The maximum Gasteiger partial charge on any atom is 0.469 e. The number of hydrogen-bond acceptors (Lipinski definition) is 13. The number of carboxylic acids is 1. The van der Waals surface area contributed by atoms with E-state index in [1.165, 1.54) is 23.2 Å². The van der Waals surface area contributed by atoms with Crippen molar-refractivity contribution < 1.29 is 53.3 Å². The van der Waals surface area contributed by atoms with Crippen LogP contribution in [0.25, 0.3) is 22.1 Å². The monoisotopic (exact) mass is 651 g/mol. The highest BCUT2D eigenvalue weighted by atomic mass is 31.2. The summed E-state index contributed by atoms with van der Waals surface area (Å²) in [4.78, 5) is 52.8. The number of carboxylic acid groups (broad SMARTS) is 1. The molecule has 45 heavy (non-hydrogen) atoms. The van der Waals surface area contributed by atoms with Crippen LogP contribution in [0, 0.1) is 0 Å². The Bertz CT molecular complexity index is 1830. The molecular weight excluding hydrogens is 621 g/mol. The number of nitrogens with two attached hydrogens (primary N) is 2. The van der Waals surface area contributed by atoms with Crippen LogP contribution in [-0.2, 0) is 25.0 Å². The van der Waals surface area contributed by atoms with Gasteiger partial charge in [-0.05, 0) is 17.7 Å². The number of aromatic hydroxyl groups is 1. The molecule has 1 aliphatic heterocycles. The Kier molecular flexibility index (Phi) is 10.4. The van der Waals surface area contributed by atoms with Crippen LogP contribution >= 0.6 is 7.82 Å². The summed E-state index contributed by atoms with van der Waals surface area (Å²) in [5.41, 5.74) is 12.3. The van der Waals surface area contributed by atoms with E-state index < -0.39 is 56.5 Å². The van der Waals surface area contributed by atoms with Crippen molar-refractivity contribution >= 4 is 41.8 Å². The van der Waals surface area contributed by atoms with Crippen LogP contribution in [0.5, 0.6) is 5.95 Å². The summed E-state index contributed by atoms with van der Waals surface area (Å²) in [6, 6.07) is 10.0. The highest BCUT2D eigenvalue weighted by molar-refractivity contribution is 7.46. The third kappa shape index (κ3) is 8.32. The molecule has 4 aromatic heterocycles. The largest absolute Gasteiger partial charge is 0.481 e. The maximum absolute atomic E-state index is 11.7. The number of rotatable bonds is 7. The molecule has 0 bridgehead atoms. The molecular formula is C25H30N7O12P. The maximum atomic E-state index is 11.7.